The van der Waals surface area contributed by atoms with Gasteiger partial charge in [0.2, 0.25) is 5.89 Å². The molecule has 2 unspecified atom stereocenters. The second-order valence-corrected chi connectivity index (χ2v) is 8.96. The fourth-order valence-electron chi connectivity index (χ4n) is 4.52. The van der Waals surface area contributed by atoms with E-state index >= 15 is 0 Å². The normalized spacial score (nSPS) is 25.3. The number of ether oxygens (including phenoxy) is 1. The van der Waals surface area contributed by atoms with Gasteiger partial charge in [0.1, 0.15) is 5.76 Å². The van der Waals surface area contributed by atoms with Crippen LogP contribution in [0.3, 0.4) is 0 Å². The zero-order chi connectivity index (χ0) is 19.5. The van der Waals surface area contributed by atoms with Gasteiger partial charge in [-0.3, -0.25) is 4.99 Å². The van der Waals surface area contributed by atoms with Gasteiger partial charge in [-0.25, -0.2) is 4.98 Å². The second kappa shape index (κ2) is 8.21. The van der Waals surface area contributed by atoms with Crippen LogP contribution in [0.4, 0.5) is 0 Å². The van der Waals surface area contributed by atoms with Gasteiger partial charge in [-0.05, 0) is 26.2 Å². The van der Waals surface area contributed by atoms with E-state index in [0.717, 1.165) is 24.7 Å². The van der Waals surface area contributed by atoms with Crippen LogP contribution < -0.4 is 10.6 Å². The number of nitrogens with one attached hydrogen (secondary N) is 2. The summed E-state index contributed by atoms with van der Waals surface area (Å²) in [6, 6.07) is 0.426. The molecule has 2 aliphatic rings. The number of aromatic nitrogens is 1. The van der Waals surface area contributed by atoms with Gasteiger partial charge in [-0.2, -0.15) is 0 Å². The molecule has 0 aliphatic heterocycles. The monoisotopic (exact) mass is 376 g/mol. The average Bonchev–Trinajstić information content (AvgIpc) is 3.13. The van der Waals surface area contributed by atoms with E-state index in [1.54, 1.807) is 0 Å². The largest absolute Gasteiger partial charge is 0.443 e. The van der Waals surface area contributed by atoms with Gasteiger partial charge in [0, 0.05) is 30.5 Å². The number of nitrogens with zero attached hydrogens (tertiary/aromatic N) is 2. The van der Waals surface area contributed by atoms with E-state index in [2.05, 4.69) is 48.3 Å². The lowest BCUT2D eigenvalue weighted by Crippen LogP contribution is -2.66. The summed E-state index contributed by atoms with van der Waals surface area (Å²) in [6.45, 7) is 9.80. The van der Waals surface area contributed by atoms with Crippen molar-refractivity contribution in [2.24, 2.45) is 10.4 Å². The molecule has 0 radical (unpaired) electrons. The minimum atomic E-state index is -0.0290. The van der Waals surface area contributed by atoms with E-state index in [-0.39, 0.29) is 10.8 Å². The Hall–Kier alpha value is -1.56. The van der Waals surface area contributed by atoms with Crippen molar-refractivity contribution >= 4 is 5.96 Å². The van der Waals surface area contributed by atoms with Crippen LogP contribution in [0.1, 0.15) is 77.9 Å². The third kappa shape index (κ3) is 4.31. The van der Waals surface area contributed by atoms with Crippen molar-refractivity contribution in [3.8, 4) is 0 Å². The molecule has 1 aromatic rings. The molecule has 2 fully saturated rings. The fraction of sp³-hybridized carbons (Fsp3) is 0.810. The molecule has 2 N–H and O–H groups in total. The number of guanidine groups is 1. The van der Waals surface area contributed by atoms with Gasteiger partial charge >= 0.3 is 0 Å². The van der Waals surface area contributed by atoms with Crippen LogP contribution >= 0.6 is 0 Å². The molecule has 6 heteroatoms. The first kappa shape index (κ1) is 20.2. The maximum atomic E-state index is 6.06. The predicted molar refractivity (Wildman–Crippen MR) is 108 cm³/mol. The van der Waals surface area contributed by atoms with Gasteiger partial charge < -0.3 is 19.8 Å². The Labute approximate surface area is 163 Å². The second-order valence-electron chi connectivity index (χ2n) is 8.96. The zero-order valence-electron chi connectivity index (χ0n) is 17.6. The molecule has 2 saturated carbocycles. The highest BCUT2D eigenvalue weighted by Crippen LogP contribution is 2.53. The van der Waals surface area contributed by atoms with Crippen molar-refractivity contribution in [3.63, 3.8) is 0 Å². The Morgan fingerprint density at radius 1 is 1.33 bits per heavy atom. The molecular formula is C21H36N4O2. The molecule has 1 heterocycles. The first-order valence-electron chi connectivity index (χ1n) is 10.4. The lowest BCUT2D eigenvalue weighted by atomic mass is 9.55. The minimum Gasteiger partial charge on any atom is -0.443 e. The van der Waals surface area contributed by atoms with Crippen LogP contribution in [0.2, 0.25) is 0 Å². The third-order valence-electron chi connectivity index (χ3n) is 6.17. The zero-order valence-corrected chi connectivity index (χ0v) is 17.6. The number of hydrogen-bond acceptors (Lipinski definition) is 4. The fourth-order valence-corrected chi connectivity index (χ4v) is 4.52. The quantitative estimate of drug-likeness (QED) is 0.605. The van der Waals surface area contributed by atoms with E-state index in [0.29, 0.717) is 24.6 Å². The van der Waals surface area contributed by atoms with E-state index in [1.807, 2.05) is 13.2 Å². The summed E-state index contributed by atoms with van der Waals surface area (Å²) < 4.78 is 11.9. The summed E-state index contributed by atoms with van der Waals surface area (Å²) in [4.78, 5) is 8.80. The molecule has 0 aromatic carbocycles. The van der Waals surface area contributed by atoms with E-state index < -0.39 is 0 Å². The Bertz CT molecular complexity index is 641. The third-order valence-corrected chi connectivity index (χ3v) is 6.17. The first-order valence-corrected chi connectivity index (χ1v) is 10.4. The van der Waals surface area contributed by atoms with Crippen LogP contribution in [0.5, 0.6) is 0 Å². The lowest BCUT2D eigenvalue weighted by Gasteiger charge is -2.57. The van der Waals surface area contributed by atoms with Crippen LogP contribution in [0.25, 0.3) is 0 Å². The Kier molecular flexibility index (Phi) is 6.14. The van der Waals surface area contributed by atoms with Crippen molar-refractivity contribution in [2.45, 2.75) is 90.3 Å². The average molecular weight is 377 g/mol. The highest BCUT2D eigenvalue weighted by Gasteiger charge is 2.55. The SMILES string of the molecule is CCOC1CC(NC(=NC)NCc2ncc(C(C)(C)C)o2)C12CCCCC2. The summed E-state index contributed by atoms with van der Waals surface area (Å²) in [5.74, 6) is 2.41. The van der Waals surface area contributed by atoms with E-state index in [4.69, 9.17) is 9.15 Å². The molecule has 27 heavy (non-hydrogen) atoms. The van der Waals surface area contributed by atoms with Crippen LogP contribution in [-0.4, -0.2) is 36.7 Å². The molecule has 1 spiro atoms. The summed E-state index contributed by atoms with van der Waals surface area (Å²) in [5, 5.41) is 7.01. The van der Waals surface area contributed by atoms with Crippen LogP contribution in [0.15, 0.2) is 15.6 Å². The standard InChI is InChI=1S/C21H36N4O2/c1-6-26-16-12-15(21(16)10-8-7-9-11-21)25-19(22-5)24-14-18-23-13-17(27-18)20(2,3)4/h13,15-16H,6-12,14H2,1-5H3,(H2,22,24,25). The molecule has 0 amide bonds. The molecule has 3 rings (SSSR count). The van der Waals surface area contributed by atoms with Crippen molar-refractivity contribution < 1.29 is 9.15 Å². The number of hydrogen-bond donors (Lipinski definition) is 2. The summed E-state index contributed by atoms with van der Waals surface area (Å²) in [6.07, 6.45) is 9.73. The van der Waals surface area contributed by atoms with Gasteiger partial charge in [0.15, 0.2) is 5.96 Å². The highest BCUT2D eigenvalue weighted by atomic mass is 16.5. The van der Waals surface area contributed by atoms with Gasteiger partial charge in [-0.15, -0.1) is 0 Å². The van der Waals surface area contributed by atoms with Crippen molar-refractivity contribution in [2.75, 3.05) is 13.7 Å². The lowest BCUT2D eigenvalue weighted by molar-refractivity contribution is -0.145. The molecule has 2 atom stereocenters. The maximum Gasteiger partial charge on any atom is 0.213 e. The van der Waals surface area contributed by atoms with Crippen LogP contribution in [0, 0.1) is 5.41 Å². The minimum absolute atomic E-state index is 0.0290. The summed E-state index contributed by atoms with van der Waals surface area (Å²) >= 11 is 0. The molecule has 1 aromatic heterocycles. The molecular weight excluding hydrogens is 340 g/mol. The summed E-state index contributed by atoms with van der Waals surface area (Å²) in [7, 11) is 1.82. The van der Waals surface area contributed by atoms with Gasteiger partial charge in [0.25, 0.3) is 0 Å². The van der Waals surface area contributed by atoms with Crippen molar-refractivity contribution in [1.29, 1.82) is 0 Å². The van der Waals surface area contributed by atoms with Crippen molar-refractivity contribution in [1.82, 2.24) is 15.6 Å². The first-order chi connectivity index (χ1) is 12.9. The highest BCUT2D eigenvalue weighted by molar-refractivity contribution is 5.80. The van der Waals surface area contributed by atoms with Crippen molar-refractivity contribution in [3.05, 3.63) is 17.8 Å². The molecule has 0 bridgehead atoms. The van der Waals surface area contributed by atoms with Gasteiger partial charge in [0.05, 0.1) is 18.8 Å². The predicted octanol–water partition coefficient (Wildman–Crippen LogP) is 3.77. The molecule has 0 saturated heterocycles. The summed E-state index contributed by atoms with van der Waals surface area (Å²) in [5.41, 5.74) is 0.243. The Morgan fingerprint density at radius 3 is 2.67 bits per heavy atom. The van der Waals surface area contributed by atoms with Gasteiger partial charge in [-0.1, -0.05) is 40.0 Å². The van der Waals surface area contributed by atoms with E-state index in [1.165, 1.54) is 32.1 Å². The molecule has 6 nitrogen and oxygen atoms in total. The van der Waals surface area contributed by atoms with Crippen LogP contribution in [-0.2, 0) is 16.7 Å². The maximum absolute atomic E-state index is 6.06. The Balaban J connectivity index is 1.58. The van der Waals surface area contributed by atoms with E-state index in [9.17, 15) is 0 Å². The number of rotatable bonds is 5. The molecule has 152 valence electrons. The topological polar surface area (TPSA) is 71.7 Å². The smallest absolute Gasteiger partial charge is 0.213 e. The number of aliphatic imine (C=N–C) groups is 1. The number of oxazole rings is 1. The molecule has 2 aliphatic carbocycles. The Morgan fingerprint density at radius 2 is 2.07 bits per heavy atom.